The van der Waals surface area contributed by atoms with Gasteiger partial charge in [0.2, 0.25) is 5.91 Å². The van der Waals surface area contributed by atoms with Crippen LogP contribution in [0.1, 0.15) is 25.7 Å². The molecule has 16 heavy (non-hydrogen) atoms. The fourth-order valence-corrected chi connectivity index (χ4v) is 3.79. The average Bonchev–Trinajstić information content (AvgIpc) is 2.79. The second-order valence-electron chi connectivity index (χ2n) is 4.83. The average molecular weight is 244 g/mol. The predicted octanol–water partition coefficient (Wildman–Crippen LogP) is 0.0964. The van der Waals surface area contributed by atoms with Gasteiger partial charge in [-0.2, -0.15) is 0 Å². The SMILES string of the molecule is NCC1(C(=O)N2CCS(=O)CC2)CCCC1. The summed E-state index contributed by atoms with van der Waals surface area (Å²) in [5, 5.41) is 0. The van der Waals surface area contributed by atoms with Gasteiger partial charge in [-0.25, -0.2) is 0 Å². The van der Waals surface area contributed by atoms with Gasteiger partial charge < -0.3 is 10.6 Å². The lowest BCUT2D eigenvalue weighted by Gasteiger charge is -2.35. The van der Waals surface area contributed by atoms with Gasteiger partial charge in [0.25, 0.3) is 0 Å². The number of rotatable bonds is 2. The fourth-order valence-electron chi connectivity index (χ4n) is 2.73. The van der Waals surface area contributed by atoms with Crippen LogP contribution in [0.2, 0.25) is 0 Å². The molecule has 1 saturated carbocycles. The summed E-state index contributed by atoms with van der Waals surface area (Å²) in [7, 11) is -0.720. The van der Waals surface area contributed by atoms with Crippen LogP contribution in [0.4, 0.5) is 0 Å². The van der Waals surface area contributed by atoms with Gasteiger partial charge >= 0.3 is 0 Å². The number of amides is 1. The minimum absolute atomic E-state index is 0.212. The van der Waals surface area contributed by atoms with Gasteiger partial charge in [0.05, 0.1) is 5.41 Å². The minimum Gasteiger partial charge on any atom is -0.340 e. The Hall–Kier alpha value is -0.420. The van der Waals surface area contributed by atoms with E-state index in [9.17, 15) is 9.00 Å². The maximum Gasteiger partial charge on any atom is 0.230 e. The summed E-state index contributed by atoms with van der Waals surface area (Å²) in [6, 6.07) is 0. The molecule has 0 aromatic carbocycles. The van der Waals surface area contributed by atoms with Gasteiger partial charge in [-0.05, 0) is 12.8 Å². The number of carbonyl (C=O) groups is 1. The van der Waals surface area contributed by atoms with Crippen LogP contribution < -0.4 is 5.73 Å². The number of hydrogen-bond acceptors (Lipinski definition) is 3. The number of nitrogens with zero attached hydrogens (tertiary/aromatic N) is 1. The molecular weight excluding hydrogens is 224 g/mol. The molecule has 0 aromatic heterocycles. The molecule has 4 nitrogen and oxygen atoms in total. The molecule has 0 spiro atoms. The molecule has 2 fully saturated rings. The monoisotopic (exact) mass is 244 g/mol. The van der Waals surface area contributed by atoms with Crippen LogP contribution >= 0.6 is 0 Å². The molecular formula is C11H20N2O2S. The van der Waals surface area contributed by atoms with Gasteiger partial charge in [0.15, 0.2) is 0 Å². The molecule has 0 aromatic rings. The van der Waals surface area contributed by atoms with E-state index in [1.165, 1.54) is 0 Å². The molecule has 1 aliphatic heterocycles. The normalized spacial score (nSPS) is 25.9. The Balaban J connectivity index is 2.03. The lowest BCUT2D eigenvalue weighted by Crippen LogP contribution is -2.51. The van der Waals surface area contributed by atoms with Crippen LogP contribution in [-0.2, 0) is 15.6 Å². The highest BCUT2D eigenvalue weighted by molar-refractivity contribution is 7.85. The van der Waals surface area contributed by atoms with E-state index in [0.29, 0.717) is 31.1 Å². The minimum atomic E-state index is -0.720. The maximum atomic E-state index is 12.4. The summed E-state index contributed by atoms with van der Waals surface area (Å²) in [4.78, 5) is 14.3. The number of hydrogen-bond donors (Lipinski definition) is 1. The van der Waals surface area contributed by atoms with Gasteiger partial charge in [-0.1, -0.05) is 12.8 Å². The smallest absolute Gasteiger partial charge is 0.230 e. The Morgan fingerprint density at radius 3 is 2.31 bits per heavy atom. The van der Waals surface area contributed by atoms with E-state index in [2.05, 4.69) is 0 Å². The summed E-state index contributed by atoms with van der Waals surface area (Å²) in [6.07, 6.45) is 4.09. The fraction of sp³-hybridized carbons (Fsp3) is 0.909. The van der Waals surface area contributed by atoms with Crippen molar-refractivity contribution in [2.24, 2.45) is 11.1 Å². The molecule has 0 unspecified atom stereocenters. The Labute approximate surface area is 99.0 Å². The molecule has 1 heterocycles. The first kappa shape index (κ1) is 12.0. The van der Waals surface area contributed by atoms with Crippen LogP contribution in [0.3, 0.4) is 0 Å². The van der Waals surface area contributed by atoms with Gasteiger partial charge in [-0.15, -0.1) is 0 Å². The molecule has 2 rings (SSSR count). The van der Waals surface area contributed by atoms with Crippen molar-refractivity contribution in [2.75, 3.05) is 31.1 Å². The summed E-state index contributed by atoms with van der Waals surface area (Å²) in [6.45, 7) is 1.76. The van der Waals surface area contributed by atoms with E-state index in [4.69, 9.17) is 5.73 Å². The molecule has 92 valence electrons. The van der Waals surface area contributed by atoms with Crippen LogP contribution in [0.5, 0.6) is 0 Å². The van der Waals surface area contributed by atoms with E-state index in [1.807, 2.05) is 4.90 Å². The Morgan fingerprint density at radius 2 is 1.81 bits per heavy atom. The van der Waals surface area contributed by atoms with Crippen LogP contribution in [0.15, 0.2) is 0 Å². The van der Waals surface area contributed by atoms with Gasteiger partial charge in [-0.3, -0.25) is 9.00 Å². The summed E-state index contributed by atoms with van der Waals surface area (Å²) < 4.78 is 11.3. The molecule has 0 radical (unpaired) electrons. The first-order valence-electron chi connectivity index (χ1n) is 6.02. The van der Waals surface area contributed by atoms with Gasteiger partial charge in [0, 0.05) is 41.9 Å². The van der Waals surface area contributed by atoms with Crippen molar-refractivity contribution < 1.29 is 9.00 Å². The van der Waals surface area contributed by atoms with Crippen molar-refractivity contribution in [3.8, 4) is 0 Å². The van der Waals surface area contributed by atoms with Crippen LogP contribution in [0.25, 0.3) is 0 Å². The zero-order valence-electron chi connectivity index (χ0n) is 9.61. The highest BCUT2D eigenvalue weighted by Gasteiger charge is 2.42. The standard InChI is InChI=1S/C11H20N2O2S/c12-9-11(3-1-2-4-11)10(14)13-5-7-16(15)8-6-13/h1-9,12H2. The van der Waals surface area contributed by atoms with E-state index < -0.39 is 10.8 Å². The summed E-state index contributed by atoms with van der Waals surface area (Å²) in [5.74, 6) is 1.47. The van der Waals surface area contributed by atoms with E-state index >= 15 is 0 Å². The van der Waals surface area contributed by atoms with E-state index in [0.717, 1.165) is 25.7 Å². The lowest BCUT2D eigenvalue weighted by molar-refractivity contribution is -0.141. The lowest BCUT2D eigenvalue weighted by atomic mass is 9.84. The Bertz CT molecular complexity index is 290. The number of nitrogens with two attached hydrogens (primary N) is 1. The van der Waals surface area contributed by atoms with Crippen molar-refractivity contribution in [3.05, 3.63) is 0 Å². The highest BCUT2D eigenvalue weighted by atomic mass is 32.2. The molecule has 2 N–H and O–H groups in total. The first-order valence-corrected chi connectivity index (χ1v) is 7.51. The Morgan fingerprint density at radius 1 is 1.25 bits per heavy atom. The molecule has 1 amide bonds. The predicted molar refractivity (Wildman–Crippen MR) is 64.4 cm³/mol. The highest BCUT2D eigenvalue weighted by Crippen LogP contribution is 2.38. The zero-order chi connectivity index (χ0) is 11.6. The zero-order valence-corrected chi connectivity index (χ0v) is 10.4. The van der Waals surface area contributed by atoms with Crippen LogP contribution in [-0.4, -0.2) is 46.2 Å². The van der Waals surface area contributed by atoms with Crippen molar-refractivity contribution in [1.82, 2.24) is 4.90 Å². The van der Waals surface area contributed by atoms with Crippen LogP contribution in [0, 0.1) is 5.41 Å². The molecule has 0 bridgehead atoms. The van der Waals surface area contributed by atoms with Crippen molar-refractivity contribution >= 4 is 16.7 Å². The third-order valence-corrected chi connectivity index (χ3v) is 5.15. The molecule has 2 aliphatic rings. The van der Waals surface area contributed by atoms with Gasteiger partial charge in [0.1, 0.15) is 0 Å². The first-order chi connectivity index (χ1) is 7.68. The van der Waals surface area contributed by atoms with Crippen molar-refractivity contribution in [1.29, 1.82) is 0 Å². The molecule has 1 aliphatic carbocycles. The molecule has 0 atom stereocenters. The second kappa shape index (κ2) is 4.84. The maximum absolute atomic E-state index is 12.4. The van der Waals surface area contributed by atoms with Crippen molar-refractivity contribution in [3.63, 3.8) is 0 Å². The summed E-state index contributed by atoms with van der Waals surface area (Å²) in [5.41, 5.74) is 5.50. The summed E-state index contributed by atoms with van der Waals surface area (Å²) >= 11 is 0. The third-order valence-electron chi connectivity index (χ3n) is 3.87. The topological polar surface area (TPSA) is 63.4 Å². The number of carbonyl (C=O) groups excluding carboxylic acids is 1. The van der Waals surface area contributed by atoms with Crippen molar-refractivity contribution in [2.45, 2.75) is 25.7 Å². The quantitative estimate of drug-likeness (QED) is 0.749. The van der Waals surface area contributed by atoms with E-state index in [-0.39, 0.29) is 11.3 Å². The third kappa shape index (κ3) is 2.15. The molecule has 5 heteroatoms. The second-order valence-corrected chi connectivity index (χ2v) is 6.53. The largest absolute Gasteiger partial charge is 0.340 e. The molecule has 1 saturated heterocycles. The van der Waals surface area contributed by atoms with E-state index in [1.54, 1.807) is 0 Å². The Kier molecular flexibility index (Phi) is 3.64.